The number of hydrogen-bond acceptors (Lipinski definition) is 2. The molecule has 2 atom stereocenters. The van der Waals surface area contributed by atoms with Crippen molar-refractivity contribution >= 4 is 34.0 Å². The third kappa shape index (κ3) is 2.13. The Hall–Kier alpha value is -1.78. The molecule has 0 saturated carbocycles. The van der Waals surface area contributed by atoms with Gasteiger partial charge < -0.3 is 9.88 Å². The van der Waals surface area contributed by atoms with Gasteiger partial charge in [-0.15, -0.1) is 0 Å². The number of carbonyl (C=O) groups is 1. The van der Waals surface area contributed by atoms with Crippen LogP contribution in [0, 0.1) is 12.8 Å². The Morgan fingerprint density at radius 1 is 1.38 bits per heavy atom. The van der Waals surface area contributed by atoms with Crippen molar-refractivity contribution in [3.63, 3.8) is 0 Å². The number of amides is 1. The molecule has 5 heteroatoms. The van der Waals surface area contributed by atoms with Crippen LogP contribution in [0.3, 0.4) is 0 Å². The van der Waals surface area contributed by atoms with E-state index in [-0.39, 0.29) is 11.8 Å². The molecule has 24 heavy (non-hydrogen) atoms. The van der Waals surface area contributed by atoms with Crippen molar-refractivity contribution in [2.75, 3.05) is 27.7 Å². The van der Waals surface area contributed by atoms with Crippen LogP contribution in [0.4, 0.5) is 0 Å². The van der Waals surface area contributed by atoms with Crippen LogP contribution in [-0.2, 0) is 11.2 Å². The van der Waals surface area contributed by atoms with Crippen molar-refractivity contribution in [2.24, 2.45) is 5.92 Å². The molecule has 0 saturated heterocycles. The second-order valence-corrected chi connectivity index (χ2v) is 7.60. The zero-order valence-corrected chi connectivity index (χ0v) is 15.2. The average molecular weight is 344 g/mol. The number of H-pyrrole nitrogens is 1. The third-order valence-electron chi connectivity index (χ3n) is 5.44. The minimum atomic E-state index is -0.0939. The van der Waals surface area contributed by atoms with Crippen molar-refractivity contribution in [1.29, 1.82) is 0 Å². The molecular weight excluding hydrogens is 322 g/mol. The van der Waals surface area contributed by atoms with E-state index >= 15 is 0 Å². The first-order chi connectivity index (χ1) is 11.4. The monoisotopic (exact) mass is 343 g/mol. The smallest absolute Gasteiger partial charge is 0.230 e. The highest BCUT2D eigenvalue weighted by Crippen LogP contribution is 2.43. The van der Waals surface area contributed by atoms with Crippen LogP contribution in [-0.4, -0.2) is 54.4 Å². The van der Waals surface area contributed by atoms with Crippen molar-refractivity contribution in [3.05, 3.63) is 40.1 Å². The highest BCUT2D eigenvalue weighted by atomic mass is 35.5. The average Bonchev–Trinajstić information content (AvgIpc) is 2.88. The van der Waals surface area contributed by atoms with E-state index < -0.39 is 0 Å². The number of rotatable bonds is 1. The summed E-state index contributed by atoms with van der Waals surface area (Å²) in [5.74, 6) is 0.0672. The van der Waals surface area contributed by atoms with Crippen molar-refractivity contribution in [3.8, 4) is 0 Å². The summed E-state index contributed by atoms with van der Waals surface area (Å²) in [6.45, 7) is 2.88. The number of aromatic nitrogens is 1. The van der Waals surface area contributed by atoms with Crippen LogP contribution in [0.5, 0.6) is 0 Å². The van der Waals surface area contributed by atoms with Gasteiger partial charge in [-0.2, -0.15) is 0 Å². The SMILES string of the molecule is Cc1[nH]c2c(Cl)ccc3c2c1CC1C3=C[C@@H](C(=O)N(C)C)CN1C. The second-order valence-electron chi connectivity index (χ2n) is 7.19. The maximum absolute atomic E-state index is 12.5. The minimum absolute atomic E-state index is 0.0939. The highest BCUT2D eigenvalue weighted by molar-refractivity contribution is 6.35. The Bertz CT molecular complexity index is 880. The van der Waals surface area contributed by atoms with Gasteiger partial charge in [0.05, 0.1) is 16.5 Å². The summed E-state index contributed by atoms with van der Waals surface area (Å²) in [5, 5.41) is 1.99. The Kier molecular flexibility index (Phi) is 3.52. The summed E-state index contributed by atoms with van der Waals surface area (Å²) in [4.78, 5) is 19.9. The van der Waals surface area contributed by atoms with Crippen LogP contribution >= 0.6 is 11.6 Å². The normalized spacial score (nSPS) is 23.1. The maximum Gasteiger partial charge on any atom is 0.230 e. The Morgan fingerprint density at radius 2 is 2.12 bits per heavy atom. The standard InChI is InChI=1S/C19H22ClN3O/c1-10-13-8-16-14(7-11(9-23(16)4)19(24)22(2)3)12-5-6-15(20)18(21-10)17(12)13/h5-7,11,16,21H,8-9H2,1-4H3/t11-,16?/m1/s1. The fourth-order valence-corrected chi connectivity index (χ4v) is 4.43. The summed E-state index contributed by atoms with van der Waals surface area (Å²) in [6.07, 6.45) is 3.14. The number of benzene rings is 1. The van der Waals surface area contributed by atoms with Crippen LogP contribution in [0.1, 0.15) is 16.8 Å². The number of likely N-dealkylation sites (N-methyl/N-ethyl adjacent to an activating group) is 1. The molecule has 1 aromatic carbocycles. The molecular formula is C19H22ClN3O. The van der Waals surface area contributed by atoms with Gasteiger partial charge in [0.25, 0.3) is 0 Å². The van der Waals surface area contributed by atoms with Crippen molar-refractivity contribution in [2.45, 2.75) is 19.4 Å². The zero-order chi connectivity index (χ0) is 17.2. The molecule has 2 aliphatic rings. The van der Waals surface area contributed by atoms with Gasteiger partial charge >= 0.3 is 0 Å². The molecule has 1 aliphatic carbocycles. The third-order valence-corrected chi connectivity index (χ3v) is 5.76. The number of fused-ring (bicyclic) bond motifs is 2. The first kappa shape index (κ1) is 15.7. The second kappa shape index (κ2) is 5.36. The summed E-state index contributed by atoms with van der Waals surface area (Å²) < 4.78 is 0. The molecule has 2 aromatic rings. The van der Waals surface area contributed by atoms with E-state index in [0.717, 1.165) is 23.5 Å². The first-order valence-corrected chi connectivity index (χ1v) is 8.69. The lowest BCUT2D eigenvalue weighted by Gasteiger charge is -2.40. The lowest BCUT2D eigenvalue weighted by molar-refractivity contribution is -0.132. The molecule has 126 valence electrons. The van der Waals surface area contributed by atoms with Gasteiger partial charge in [0.2, 0.25) is 5.91 Å². The van der Waals surface area contributed by atoms with E-state index in [1.807, 2.05) is 20.2 Å². The van der Waals surface area contributed by atoms with E-state index in [1.54, 1.807) is 4.90 Å². The predicted octanol–water partition coefficient (Wildman–Crippen LogP) is 3.09. The molecule has 0 radical (unpaired) electrons. The fraction of sp³-hybridized carbons (Fsp3) is 0.421. The van der Waals surface area contributed by atoms with E-state index in [4.69, 9.17) is 11.6 Å². The van der Waals surface area contributed by atoms with E-state index in [2.05, 4.69) is 36.0 Å². The molecule has 0 fully saturated rings. The summed E-state index contributed by atoms with van der Waals surface area (Å²) >= 11 is 6.40. The molecule has 0 bridgehead atoms. The number of aromatic amines is 1. The summed E-state index contributed by atoms with van der Waals surface area (Å²) in [5.41, 5.74) is 6.04. The minimum Gasteiger partial charge on any atom is -0.357 e. The van der Waals surface area contributed by atoms with Gasteiger partial charge in [-0.05, 0) is 43.2 Å². The van der Waals surface area contributed by atoms with Crippen LogP contribution in [0.15, 0.2) is 18.2 Å². The molecule has 1 aliphatic heterocycles. The van der Waals surface area contributed by atoms with E-state index in [1.165, 1.54) is 27.8 Å². The number of hydrogen-bond donors (Lipinski definition) is 1. The topological polar surface area (TPSA) is 39.3 Å². The largest absolute Gasteiger partial charge is 0.357 e. The Labute approximate surface area is 147 Å². The number of halogens is 1. The first-order valence-electron chi connectivity index (χ1n) is 8.31. The number of carbonyl (C=O) groups excluding carboxylic acids is 1. The number of nitrogens with one attached hydrogen (secondary N) is 1. The highest BCUT2D eigenvalue weighted by Gasteiger charge is 2.36. The molecule has 4 rings (SSSR count). The van der Waals surface area contributed by atoms with Gasteiger partial charge in [-0.25, -0.2) is 0 Å². The number of aryl methyl sites for hydroxylation is 1. The van der Waals surface area contributed by atoms with Crippen LogP contribution in [0.25, 0.3) is 16.5 Å². The van der Waals surface area contributed by atoms with E-state index in [9.17, 15) is 4.79 Å². The van der Waals surface area contributed by atoms with Crippen LogP contribution in [0.2, 0.25) is 5.02 Å². The Morgan fingerprint density at radius 3 is 2.83 bits per heavy atom. The van der Waals surface area contributed by atoms with Crippen molar-refractivity contribution in [1.82, 2.24) is 14.8 Å². The molecule has 1 N–H and O–H groups in total. The van der Waals surface area contributed by atoms with E-state index in [0.29, 0.717) is 6.04 Å². The van der Waals surface area contributed by atoms with Gasteiger partial charge in [0.1, 0.15) is 0 Å². The fourth-order valence-electron chi connectivity index (χ4n) is 4.22. The molecule has 4 nitrogen and oxygen atoms in total. The maximum atomic E-state index is 12.5. The molecule has 2 heterocycles. The quantitative estimate of drug-likeness (QED) is 0.864. The molecule has 0 spiro atoms. The lowest BCUT2D eigenvalue weighted by atomic mass is 9.79. The van der Waals surface area contributed by atoms with Gasteiger partial charge in [0.15, 0.2) is 0 Å². The molecule has 1 unspecified atom stereocenters. The summed E-state index contributed by atoms with van der Waals surface area (Å²) in [6, 6.07) is 4.39. The van der Waals surface area contributed by atoms with Gasteiger partial charge in [0, 0.05) is 37.8 Å². The Balaban J connectivity index is 1.93. The zero-order valence-electron chi connectivity index (χ0n) is 14.5. The molecule has 1 amide bonds. The van der Waals surface area contributed by atoms with Crippen LogP contribution < -0.4 is 0 Å². The van der Waals surface area contributed by atoms with Crippen molar-refractivity contribution < 1.29 is 4.79 Å². The predicted molar refractivity (Wildman–Crippen MR) is 98.3 cm³/mol. The number of nitrogens with zero attached hydrogens (tertiary/aromatic N) is 2. The lowest BCUT2D eigenvalue weighted by Crippen LogP contribution is -2.46. The van der Waals surface area contributed by atoms with Gasteiger partial charge in [-0.1, -0.05) is 23.7 Å². The molecule has 1 aromatic heterocycles. The summed E-state index contributed by atoms with van der Waals surface area (Å²) in [7, 11) is 5.76. The van der Waals surface area contributed by atoms with Gasteiger partial charge in [-0.3, -0.25) is 9.69 Å².